The summed E-state index contributed by atoms with van der Waals surface area (Å²) in [4.78, 5) is 24.7. The zero-order chi connectivity index (χ0) is 22.9. The molecular weight excluding hydrogens is 396 g/mol. The summed E-state index contributed by atoms with van der Waals surface area (Å²) in [6, 6.07) is 0. The van der Waals surface area contributed by atoms with Gasteiger partial charge in [-0.1, -0.05) is 27.2 Å². The van der Waals surface area contributed by atoms with Crippen LogP contribution in [0.1, 0.15) is 86.0 Å². The van der Waals surface area contributed by atoms with Gasteiger partial charge < -0.3 is 19.7 Å². The van der Waals surface area contributed by atoms with Gasteiger partial charge in [0.25, 0.3) is 0 Å². The minimum Gasteiger partial charge on any atom is -0.462 e. The van der Waals surface area contributed by atoms with Crippen molar-refractivity contribution in [1.82, 2.24) is 0 Å². The smallest absolute Gasteiger partial charge is 0.311 e. The van der Waals surface area contributed by atoms with E-state index in [4.69, 9.17) is 9.47 Å². The van der Waals surface area contributed by atoms with E-state index in [2.05, 4.69) is 13.8 Å². The largest absolute Gasteiger partial charge is 0.462 e. The Balaban J connectivity index is 1.77. The van der Waals surface area contributed by atoms with E-state index in [1.165, 1.54) is 0 Å². The summed E-state index contributed by atoms with van der Waals surface area (Å²) >= 11 is 0. The van der Waals surface area contributed by atoms with E-state index in [-0.39, 0.29) is 54.4 Å². The predicted molar refractivity (Wildman–Crippen MR) is 117 cm³/mol. The molecule has 3 aliphatic rings. The lowest BCUT2D eigenvalue weighted by molar-refractivity contribution is -0.183. The van der Waals surface area contributed by atoms with Gasteiger partial charge in [0.2, 0.25) is 0 Å². The topological polar surface area (TPSA) is 93.1 Å². The third kappa shape index (κ3) is 5.44. The summed E-state index contributed by atoms with van der Waals surface area (Å²) < 4.78 is 11.6. The number of aliphatic hydroxyl groups is 2. The standard InChI is InChI=1S/C25H42O6/c1-6-25(4,5)24(29)31-20-11-15(3)23(28)19-9-7-14(2)18(22(19)20)10-8-17-12-16(26)13-21(27)30-17/h14-20,22-23,26,28H,6-13H2,1-5H3/t14-,15+,16+,17+,18-,19+,20-,22+,23+/m0/s1. The van der Waals surface area contributed by atoms with Crippen LogP contribution in [0.25, 0.3) is 0 Å². The van der Waals surface area contributed by atoms with Crippen LogP contribution in [0.5, 0.6) is 0 Å². The normalized spacial score (nSPS) is 41.3. The molecule has 6 heteroatoms. The molecule has 0 bridgehead atoms. The van der Waals surface area contributed by atoms with E-state index in [1.54, 1.807) is 0 Å². The molecule has 9 atom stereocenters. The number of cyclic esters (lactones) is 1. The number of carbonyl (C=O) groups is 2. The highest BCUT2D eigenvalue weighted by atomic mass is 16.6. The Bertz CT molecular complexity index is 646. The van der Waals surface area contributed by atoms with E-state index in [0.29, 0.717) is 31.1 Å². The molecule has 0 unspecified atom stereocenters. The van der Waals surface area contributed by atoms with Crippen LogP contribution < -0.4 is 0 Å². The molecule has 6 nitrogen and oxygen atoms in total. The van der Waals surface area contributed by atoms with Gasteiger partial charge in [-0.3, -0.25) is 9.59 Å². The molecule has 0 amide bonds. The van der Waals surface area contributed by atoms with Crippen LogP contribution in [0.4, 0.5) is 0 Å². The zero-order valence-electron chi connectivity index (χ0n) is 19.9. The molecule has 1 saturated heterocycles. The first kappa shape index (κ1) is 24.5. The molecule has 31 heavy (non-hydrogen) atoms. The number of fused-ring (bicyclic) bond motifs is 1. The molecule has 2 saturated carbocycles. The molecule has 1 aliphatic heterocycles. The second kappa shape index (κ2) is 9.78. The number of carbonyl (C=O) groups excluding carboxylic acids is 2. The highest BCUT2D eigenvalue weighted by Gasteiger charge is 2.51. The van der Waals surface area contributed by atoms with Crippen molar-refractivity contribution in [2.24, 2.45) is 35.0 Å². The van der Waals surface area contributed by atoms with Gasteiger partial charge in [0.1, 0.15) is 12.2 Å². The van der Waals surface area contributed by atoms with Gasteiger partial charge in [0.05, 0.1) is 24.0 Å². The van der Waals surface area contributed by atoms with E-state index in [9.17, 15) is 19.8 Å². The van der Waals surface area contributed by atoms with Crippen molar-refractivity contribution >= 4 is 11.9 Å². The molecule has 2 aliphatic carbocycles. The van der Waals surface area contributed by atoms with E-state index < -0.39 is 11.5 Å². The maximum Gasteiger partial charge on any atom is 0.311 e. The molecule has 0 aromatic carbocycles. The van der Waals surface area contributed by atoms with Crippen LogP contribution in [0, 0.1) is 35.0 Å². The minimum atomic E-state index is -0.620. The molecule has 0 radical (unpaired) electrons. The quantitative estimate of drug-likeness (QED) is 0.612. The molecule has 0 aromatic heterocycles. The predicted octanol–water partition coefficient (Wildman–Crippen LogP) is 3.86. The first-order chi connectivity index (χ1) is 14.5. The third-order valence-corrected chi connectivity index (χ3v) is 8.48. The van der Waals surface area contributed by atoms with Gasteiger partial charge >= 0.3 is 11.9 Å². The van der Waals surface area contributed by atoms with Crippen LogP contribution in [0.15, 0.2) is 0 Å². The number of hydrogen-bond acceptors (Lipinski definition) is 6. The summed E-state index contributed by atoms with van der Waals surface area (Å²) in [5.41, 5.74) is -0.517. The molecular formula is C25H42O6. The first-order valence-corrected chi connectivity index (χ1v) is 12.3. The average Bonchev–Trinajstić information content (AvgIpc) is 2.69. The first-order valence-electron chi connectivity index (χ1n) is 12.3. The lowest BCUT2D eigenvalue weighted by Gasteiger charge is -2.52. The summed E-state index contributed by atoms with van der Waals surface area (Å²) in [5.74, 6) is 0.625. The van der Waals surface area contributed by atoms with Gasteiger partial charge in [-0.05, 0) is 69.6 Å². The average molecular weight is 439 g/mol. The molecule has 0 spiro atoms. The Morgan fingerprint density at radius 2 is 1.84 bits per heavy atom. The van der Waals surface area contributed by atoms with Crippen molar-refractivity contribution in [3.63, 3.8) is 0 Å². The van der Waals surface area contributed by atoms with Crippen molar-refractivity contribution in [3.05, 3.63) is 0 Å². The maximum absolute atomic E-state index is 12.9. The van der Waals surface area contributed by atoms with Crippen molar-refractivity contribution < 1.29 is 29.3 Å². The summed E-state index contributed by atoms with van der Waals surface area (Å²) in [7, 11) is 0. The van der Waals surface area contributed by atoms with E-state index in [1.807, 2.05) is 20.8 Å². The van der Waals surface area contributed by atoms with Crippen LogP contribution in [0.2, 0.25) is 0 Å². The van der Waals surface area contributed by atoms with Gasteiger partial charge in [-0.15, -0.1) is 0 Å². The SMILES string of the molecule is CCC(C)(C)C(=O)O[C@H]1C[C@@H](C)[C@@H](O)[C@@H]2CC[C@H](C)[C@H](CC[C@@H]3C[C@@H](O)CC(=O)O3)[C@H]21. The minimum absolute atomic E-state index is 0.0797. The molecule has 178 valence electrons. The summed E-state index contributed by atoms with van der Waals surface area (Å²) in [6.07, 6.45) is 4.10. The molecule has 1 heterocycles. The Hall–Kier alpha value is -1.14. The Labute approximate surface area is 187 Å². The summed E-state index contributed by atoms with van der Waals surface area (Å²) in [5, 5.41) is 20.9. The van der Waals surface area contributed by atoms with Gasteiger partial charge in [-0.25, -0.2) is 0 Å². The lowest BCUT2D eigenvalue weighted by Crippen LogP contribution is -2.54. The van der Waals surface area contributed by atoms with Crippen LogP contribution >= 0.6 is 0 Å². The van der Waals surface area contributed by atoms with Gasteiger partial charge in [0, 0.05) is 12.3 Å². The monoisotopic (exact) mass is 438 g/mol. The van der Waals surface area contributed by atoms with Crippen LogP contribution in [-0.2, 0) is 19.1 Å². The van der Waals surface area contributed by atoms with Crippen molar-refractivity contribution in [2.45, 2.75) is 110 Å². The fourth-order valence-corrected chi connectivity index (χ4v) is 6.05. The second-order valence-corrected chi connectivity index (χ2v) is 11.1. The molecule has 3 rings (SSSR count). The Morgan fingerprint density at radius 3 is 2.48 bits per heavy atom. The third-order valence-electron chi connectivity index (χ3n) is 8.48. The zero-order valence-corrected chi connectivity index (χ0v) is 19.9. The Kier molecular flexibility index (Phi) is 7.73. The highest BCUT2D eigenvalue weighted by molar-refractivity contribution is 5.76. The highest BCUT2D eigenvalue weighted by Crippen LogP contribution is 2.51. The fraction of sp³-hybridized carbons (Fsp3) is 0.920. The number of aliphatic hydroxyl groups excluding tert-OH is 2. The van der Waals surface area contributed by atoms with Crippen molar-refractivity contribution in [3.8, 4) is 0 Å². The van der Waals surface area contributed by atoms with E-state index in [0.717, 1.165) is 25.7 Å². The number of ether oxygens (including phenoxy) is 2. The number of rotatable bonds is 6. The summed E-state index contributed by atoms with van der Waals surface area (Å²) in [6.45, 7) is 10.2. The van der Waals surface area contributed by atoms with Crippen molar-refractivity contribution in [2.75, 3.05) is 0 Å². The molecule has 0 aromatic rings. The number of esters is 2. The maximum atomic E-state index is 12.9. The Morgan fingerprint density at radius 1 is 1.13 bits per heavy atom. The van der Waals surface area contributed by atoms with Crippen LogP contribution in [-0.4, -0.2) is 46.6 Å². The fourth-order valence-electron chi connectivity index (χ4n) is 6.05. The van der Waals surface area contributed by atoms with Crippen LogP contribution in [0.3, 0.4) is 0 Å². The molecule has 3 fully saturated rings. The lowest BCUT2D eigenvalue weighted by atomic mass is 9.57. The van der Waals surface area contributed by atoms with Crippen molar-refractivity contribution in [1.29, 1.82) is 0 Å². The number of hydrogen-bond donors (Lipinski definition) is 2. The van der Waals surface area contributed by atoms with E-state index >= 15 is 0 Å². The van der Waals surface area contributed by atoms with Gasteiger partial charge in [0.15, 0.2) is 0 Å². The molecule has 2 N–H and O–H groups in total. The second-order valence-electron chi connectivity index (χ2n) is 11.1. The van der Waals surface area contributed by atoms with Gasteiger partial charge in [-0.2, -0.15) is 0 Å².